The van der Waals surface area contributed by atoms with Gasteiger partial charge in [0.05, 0.1) is 17.9 Å². The summed E-state index contributed by atoms with van der Waals surface area (Å²) < 4.78 is 18.6. The summed E-state index contributed by atoms with van der Waals surface area (Å²) in [5.74, 6) is 0.00969. The van der Waals surface area contributed by atoms with Gasteiger partial charge in [-0.05, 0) is 18.6 Å². The van der Waals surface area contributed by atoms with Crippen LogP contribution in [-0.4, -0.2) is 33.1 Å². The van der Waals surface area contributed by atoms with Gasteiger partial charge in [0.25, 0.3) is 0 Å². The summed E-state index contributed by atoms with van der Waals surface area (Å²) >= 11 is 0. The van der Waals surface area contributed by atoms with E-state index in [1.165, 1.54) is 6.07 Å². The number of carbonyl (C=O) groups excluding carboxylic acids is 1. The van der Waals surface area contributed by atoms with Gasteiger partial charge in [-0.25, -0.2) is 4.39 Å². The third-order valence-electron chi connectivity index (χ3n) is 3.18. The lowest BCUT2D eigenvalue weighted by atomic mass is 10.1. The molecule has 1 aliphatic heterocycles. The van der Waals surface area contributed by atoms with Crippen molar-refractivity contribution in [1.82, 2.24) is 0 Å². The first-order valence-corrected chi connectivity index (χ1v) is 5.74. The first kappa shape index (κ1) is 12.0. The second kappa shape index (κ2) is 5.27. The standard InChI is InChI=1S/C13H16FNO2/c1-17-9-10-5-6-15(7-10)13-4-2-3-12(14)11(13)8-16/h2-4,8,10H,5-7,9H2,1H3. The van der Waals surface area contributed by atoms with E-state index in [-0.39, 0.29) is 5.56 Å². The Balaban J connectivity index is 2.18. The van der Waals surface area contributed by atoms with Crippen molar-refractivity contribution in [2.24, 2.45) is 5.92 Å². The van der Waals surface area contributed by atoms with Crippen LogP contribution < -0.4 is 4.90 Å². The molecule has 1 aliphatic rings. The largest absolute Gasteiger partial charge is 0.384 e. The molecule has 0 radical (unpaired) electrons. The fourth-order valence-corrected chi connectivity index (χ4v) is 2.34. The molecule has 1 saturated heterocycles. The van der Waals surface area contributed by atoms with Crippen molar-refractivity contribution in [2.75, 3.05) is 31.7 Å². The van der Waals surface area contributed by atoms with Gasteiger partial charge in [0, 0.05) is 26.1 Å². The van der Waals surface area contributed by atoms with Gasteiger partial charge in [-0.1, -0.05) is 6.07 Å². The second-order valence-corrected chi connectivity index (χ2v) is 4.35. The monoisotopic (exact) mass is 237 g/mol. The lowest BCUT2D eigenvalue weighted by Crippen LogP contribution is -2.22. The number of benzene rings is 1. The molecule has 1 atom stereocenters. The zero-order valence-corrected chi connectivity index (χ0v) is 9.86. The number of ether oxygens (including phenoxy) is 1. The number of halogens is 1. The van der Waals surface area contributed by atoms with Crippen molar-refractivity contribution in [2.45, 2.75) is 6.42 Å². The van der Waals surface area contributed by atoms with Gasteiger partial charge in [0.15, 0.2) is 6.29 Å². The van der Waals surface area contributed by atoms with E-state index in [1.807, 2.05) is 0 Å². The maximum absolute atomic E-state index is 13.5. The number of methoxy groups -OCH3 is 1. The van der Waals surface area contributed by atoms with Gasteiger partial charge < -0.3 is 9.64 Å². The summed E-state index contributed by atoms with van der Waals surface area (Å²) in [5, 5.41) is 0. The number of nitrogens with zero attached hydrogens (tertiary/aromatic N) is 1. The van der Waals surface area contributed by atoms with Gasteiger partial charge >= 0.3 is 0 Å². The van der Waals surface area contributed by atoms with Crippen LogP contribution in [0.4, 0.5) is 10.1 Å². The third-order valence-corrected chi connectivity index (χ3v) is 3.18. The van der Waals surface area contributed by atoms with Crippen molar-refractivity contribution < 1.29 is 13.9 Å². The summed E-state index contributed by atoms with van der Waals surface area (Å²) in [6.45, 7) is 2.37. The molecule has 0 aliphatic carbocycles. The molecule has 0 N–H and O–H groups in total. The zero-order chi connectivity index (χ0) is 12.3. The van der Waals surface area contributed by atoms with Gasteiger partial charge in [-0.2, -0.15) is 0 Å². The molecule has 17 heavy (non-hydrogen) atoms. The van der Waals surface area contributed by atoms with Crippen LogP contribution in [0.15, 0.2) is 18.2 Å². The predicted octanol–water partition coefficient (Wildman–Crippen LogP) is 2.11. The van der Waals surface area contributed by atoms with Crippen LogP contribution in [0.1, 0.15) is 16.8 Å². The number of rotatable bonds is 4. The fourth-order valence-electron chi connectivity index (χ4n) is 2.34. The highest BCUT2D eigenvalue weighted by Gasteiger charge is 2.24. The molecule has 0 bridgehead atoms. The average molecular weight is 237 g/mol. The molecule has 0 amide bonds. The summed E-state index contributed by atoms with van der Waals surface area (Å²) in [6, 6.07) is 4.75. The molecule has 0 aromatic heterocycles. The molecule has 1 heterocycles. The van der Waals surface area contributed by atoms with Crippen molar-refractivity contribution in [3.63, 3.8) is 0 Å². The quantitative estimate of drug-likeness (QED) is 0.751. The first-order chi connectivity index (χ1) is 8.26. The molecule has 3 nitrogen and oxygen atoms in total. The number of hydrogen-bond donors (Lipinski definition) is 0. The summed E-state index contributed by atoms with van der Waals surface area (Å²) in [7, 11) is 1.68. The number of hydrogen-bond acceptors (Lipinski definition) is 3. The van der Waals surface area contributed by atoms with Crippen LogP contribution in [0.3, 0.4) is 0 Å². The Labute approximate surface area is 100 Å². The Kier molecular flexibility index (Phi) is 3.74. The molecular formula is C13H16FNO2. The van der Waals surface area contributed by atoms with Gasteiger partial charge in [-0.15, -0.1) is 0 Å². The molecule has 1 fully saturated rings. The SMILES string of the molecule is COCC1CCN(c2cccc(F)c2C=O)C1. The zero-order valence-electron chi connectivity index (χ0n) is 9.86. The highest BCUT2D eigenvalue weighted by atomic mass is 19.1. The molecule has 4 heteroatoms. The van der Waals surface area contributed by atoms with Crippen molar-refractivity contribution in [3.8, 4) is 0 Å². The smallest absolute Gasteiger partial charge is 0.155 e. The van der Waals surface area contributed by atoms with Crippen LogP contribution in [0.25, 0.3) is 0 Å². The van der Waals surface area contributed by atoms with E-state index < -0.39 is 5.82 Å². The van der Waals surface area contributed by atoms with Crippen LogP contribution in [0, 0.1) is 11.7 Å². The van der Waals surface area contributed by atoms with Crippen molar-refractivity contribution in [1.29, 1.82) is 0 Å². The summed E-state index contributed by atoms with van der Waals surface area (Å²) in [4.78, 5) is 13.0. The van der Waals surface area contributed by atoms with E-state index in [4.69, 9.17) is 4.74 Å². The normalized spacial score (nSPS) is 19.6. The highest BCUT2D eigenvalue weighted by molar-refractivity contribution is 5.85. The molecule has 92 valence electrons. The Morgan fingerprint density at radius 3 is 3.12 bits per heavy atom. The van der Waals surface area contributed by atoms with Crippen molar-refractivity contribution in [3.05, 3.63) is 29.6 Å². The van der Waals surface area contributed by atoms with Crippen LogP contribution in [0.2, 0.25) is 0 Å². The van der Waals surface area contributed by atoms with E-state index in [0.717, 1.165) is 19.5 Å². The van der Waals surface area contributed by atoms with E-state index >= 15 is 0 Å². The van der Waals surface area contributed by atoms with Crippen LogP contribution >= 0.6 is 0 Å². The maximum atomic E-state index is 13.5. The topological polar surface area (TPSA) is 29.5 Å². The lowest BCUT2D eigenvalue weighted by molar-refractivity contribution is 0.112. The molecule has 0 saturated carbocycles. The first-order valence-electron chi connectivity index (χ1n) is 5.74. The Bertz CT molecular complexity index is 408. The lowest BCUT2D eigenvalue weighted by Gasteiger charge is -2.20. The third kappa shape index (κ3) is 2.47. The highest BCUT2D eigenvalue weighted by Crippen LogP contribution is 2.27. The Morgan fingerprint density at radius 1 is 1.59 bits per heavy atom. The molecule has 1 unspecified atom stereocenters. The van der Waals surface area contributed by atoms with E-state index in [0.29, 0.717) is 24.5 Å². The number of aldehydes is 1. The minimum Gasteiger partial charge on any atom is -0.384 e. The van der Waals surface area contributed by atoms with Crippen molar-refractivity contribution >= 4 is 12.0 Å². The molecule has 1 aromatic carbocycles. The van der Waals surface area contributed by atoms with Gasteiger partial charge in [0.2, 0.25) is 0 Å². The summed E-state index contributed by atoms with van der Waals surface area (Å²) in [6.07, 6.45) is 1.61. The van der Waals surface area contributed by atoms with E-state index in [1.54, 1.807) is 19.2 Å². The fraction of sp³-hybridized carbons (Fsp3) is 0.462. The summed E-state index contributed by atoms with van der Waals surface area (Å²) in [5.41, 5.74) is 0.851. The molecular weight excluding hydrogens is 221 g/mol. The number of carbonyl (C=O) groups is 1. The second-order valence-electron chi connectivity index (χ2n) is 4.35. The van der Waals surface area contributed by atoms with E-state index in [9.17, 15) is 9.18 Å². The van der Waals surface area contributed by atoms with Gasteiger partial charge in [0.1, 0.15) is 5.82 Å². The minimum absolute atomic E-state index is 0.158. The average Bonchev–Trinajstić information content (AvgIpc) is 2.78. The van der Waals surface area contributed by atoms with Crippen LogP contribution in [-0.2, 0) is 4.74 Å². The van der Waals surface area contributed by atoms with Gasteiger partial charge in [-0.3, -0.25) is 4.79 Å². The maximum Gasteiger partial charge on any atom is 0.155 e. The molecule has 2 rings (SSSR count). The number of anilines is 1. The minimum atomic E-state index is -0.451. The Morgan fingerprint density at radius 2 is 2.41 bits per heavy atom. The molecule has 0 spiro atoms. The Hall–Kier alpha value is -1.42. The van der Waals surface area contributed by atoms with E-state index in [2.05, 4.69) is 4.90 Å². The molecule has 1 aromatic rings. The predicted molar refractivity (Wildman–Crippen MR) is 64.0 cm³/mol. The van der Waals surface area contributed by atoms with Crippen LogP contribution in [0.5, 0.6) is 0 Å².